The summed E-state index contributed by atoms with van der Waals surface area (Å²) in [4.78, 5) is 26.1. The third kappa shape index (κ3) is 3.19. The second kappa shape index (κ2) is 6.85. The van der Waals surface area contributed by atoms with Gasteiger partial charge < -0.3 is 26.0 Å². The fourth-order valence-corrected chi connectivity index (χ4v) is 5.64. The number of anilines is 2. The number of rotatable bonds is 4. The first kappa shape index (κ1) is 22.0. The van der Waals surface area contributed by atoms with Crippen molar-refractivity contribution in [2.45, 2.75) is 56.3 Å². The molecule has 3 aliphatic rings. The molecule has 0 radical (unpaired) electrons. The van der Waals surface area contributed by atoms with Crippen LogP contribution in [0.25, 0.3) is 10.9 Å². The van der Waals surface area contributed by atoms with Crippen LogP contribution in [0.4, 0.5) is 28.9 Å². The molecule has 2 aromatic rings. The standard InChI is InChI=1S/C22H24F4N4O3/c1-9-17-14(19(31)11(20(32)33)6-30(17)13-4-12(13)23)16(27)15(24)18(9)29-3-2-10(5-29)21(28)7-22(25,26)8-21/h6,10,12-13H,2-5,7-8,27-28H2,1H3,(H,32,33). The zero-order chi connectivity index (χ0) is 24.0. The van der Waals surface area contributed by atoms with Crippen LogP contribution in [0, 0.1) is 18.7 Å². The van der Waals surface area contributed by atoms with Crippen LogP contribution in [0.15, 0.2) is 11.0 Å². The summed E-state index contributed by atoms with van der Waals surface area (Å²) >= 11 is 0. The van der Waals surface area contributed by atoms with Crippen LogP contribution in [0.3, 0.4) is 0 Å². The lowest BCUT2D eigenvalue weighted by molar-refractivity contribution is -0.136. The number of nitrogen functional groups attached to an aromatic ring is 1. The average molecular weight is 468 g/mol. The molecule has 3 unspecified atom stereocenters. The van der Waals surface area contributed by atoms with Gasteiger partial charge in [-0.15, -0.1) is 0 Å². The highest BCUT2D eigenvalue weighted by molar-refractivity contribution is 6.01. The Kier molecular flexibility index (Phi) is 4.56. The van der Waals surface area contributed by atoms with Gasteiger partial charge in [0.25, 0.3) is 5.92 Å². The summed E-state index contributed by atoms with van der Waals surface area (Å²) in [7, 11) is 0. The molecule has 0 bridgehead atoms. The Morgan fingerprint density at radius 3 is 2.48 bits per heavy atom. The van der Waals surface area contributed by atoms with Gasteiger partial charge >= 0.3 is 5.97 Å². The molecule has 1 saturated heterocycles. The van der Waals surface area contributed by atoms with Gasteiger partial charge in [0.2, 0.25) is 5.43 Å². The number of nitrogens with two attached hydrogens (primary N) is 2. The zero-order valence-electron chi connectivity index (χ0n) is 17.9. The van der Waals surface area contributed by atoms with E-state index < -0.39 is 65.0 Å². The normalized spacial score (nSPS) is 27.6. The number of hydrogen-bond acceptors (Lipinski definition) is 5. The lowest BCUT2D eigenvalue weighted by atomic mass is 9.66. The summed E-state index contributed by atoms with van der Waals surface area (Å²) in [5.74, 6) is -5.46. The van der Waals surface area contributed by atoms with Crippen LogP contribution < -0.4 is 21.8 Å². The van der Waals surface area contributed by atoms with Crippen molar-refractivity contribution in [3.63, 3.8) is 0 Å². The molecule has 33 heavy (non-hydrogen) atoms. The third-order valence-corrected chi connectivity index (χ3v) is 7.42. The maximum atomic E-state index is 15.5. The minimum atomic E-state index is -2.79. The predicted molar refractivity (Wildman–Crippen MR) is 114 cm³/mol. The second-order valence-electron chi connectivity index (χ2n) is 9.70. The van der Waals surface area contributed by atoms with Crippen LogP contribution >= 0.6 is 0 Å². The smallest absolute Gasteiger partial charge is 0.341 e. The number of carboxylic acids is 1. The summed E-state index contributed by atoms with van der Waals surface area (Å²) in [5.41, 5.74) is 9.73. The largest absolute Gasteiger partial charge is 0.477 e. The van der Waals surface area contributed by atoms with E-state index in [1.807, 2.05) is 0 Å². The first-order chi connectivity index (χ1) is 15.3. The average Bonchev–Trinajstić information content (AvgIpc) is 3.21. The van der Waals surface area contributed by atoms with E-state index in [0.29, 0.717) is 18.5 Å². The summed E-state index contributed by atoms with van der Waals surface area (Å²) in [6.07, 6.45) is -0.348. The van der Waals surface area contributed by atoms with Crippen molar-refractivity contribution in [2.75, 3.05) is 23.7 Å². The molecular weight excluding hydrogens is 444 g/mol. The molecule has 1 aromatic heterocycles. The van der Waals surface area contributed by atoms with Crippen molar-refractivity contribution >= 4 is 28.2 Å². The molecule has 0 spiro atoms. The van der Waals surface area contributed by atoms with Crippen molar-refractivity contribution < 1.29 is 27.5 Å². The monoisotopic (exact) mass is 468 g/mol. The van der Waals surface area contributed by atoms with Crippen LogP contribution in [0.2, 0.25) is 0 Å². The van der Waals surface area contributed by atoms with Gasteiger partial charge in [-0.1, -0.05) is 0 Å². The summed E-state index contributed by atoms with van der Waals surface area (Å²) in [6.45, 7) is 2.15. The first-order valence-electron chi connectivity index (χ1n) is 10.8. The van der Waals surface area contributed by atoms with E-state index in [-0.39, 0.29) is 35.5 Å². The number of nitrogens with zero attached hydrogens (tertiary/aromatic N) is 2. The van der Waals surface area contributed by atoms with Crippen LogP contribution in [-0.2, 0) is 0 Å². The number of alkyl halides is 3. The van der Waals surface area contributed by atoms with E-state index in [1.54, 1.807) is 11.8 Å². The van der Waals surface area contributed by atoms with Crippen molar-refractivity contribution in [2.24, 2.45) is 11.7 Å². The minimum Gasteiger partial charge on any atom is -0.477 e. The lowest BCUT2D eigenvalue weighted by Crippen LogP contribution is -2.63. The van der Waals surface area contributed by atoms with Crippen molar-refractivity contribution in [3.05, 3.63) is 33.4 Å². The number of halogens is 4. The highest BCUT2D eigenvalue weighted by Gasteiger charge is 2.58. The first-order valence-corrected chi connectivity index (χ1v) is 10.8. The molecule has 5 rings (SSSR count). The predicted octanol–water partition coefficient (Wildman–Crippen LogP) is 2.97. The van der Waals surface area contributed by atoms with Crippen LogP contribution in [0.1, 0.15) is 47.6 Å². The Labute approximate surface area is 185 Å². The number of aromatic carboxylic acids is 1. The maximum absolute atomic E-state index is 15.5. The van der Waals surface area contributed by atoms with E-state index in [4.69, 9.17) is 11.5 Å². The van der Waals surface area contributed by atoms with Crippen molar-refractivity contribution in [1.82, 2.24) is 4.57 Å². The molecule has 2 saturated carbocycles. The number of pyridine rings is 1. The Morgan fingerprint density at radius 1 is 1.30 bits per heavy atom. The number of aryl methyl sites for hydroxylation is 1. The molecule has 0 amide bonds. The van der Waals surface area contributed by atoms with E-state index >= 15 is 4.39 Å². The van der Waals surface area contributed by atoms with E-state index in [2.05, 4.69) is 0 Å². The Balaban J connectivity index is 1.64. The van der Waals surface area contributed by atoms with E-state index in [0.717, 1.165) is 6.20 Å². The topological polar surface area (TPSA) is 115 Å². The quantitative estimate of drug-likeness (QED) is 0.470. The third-order valence-electron chi connectivity index (χ3n) is 7.42. The van der Waals surface area contributed by atoms with Crippen LogP contribution in [0.5, 0.6) is 0 Å². The SMILES string of the molecule is Cc1c(N2CCC(C3(N)CC(F)(F)C3)C2)c(F)c(N)c2c(=O)c(C(=O)O)cn(C3CC3F)c12. The number of benzene rings is 1. The number of aromatic nitrogens is 1. The molecule has 1 aliphatic heterocycles. The van der Waals surface area contributed by atoms with Gasteiger partial charge in [0.1, 0.15) is 11.7 Å². The number of fused-ring (bicyclic) bond motifs is 1. The minimum absolute atomic E-state index is 0.101. The van der Waals surface area contributed by atoms with Gasteiger partial charge in [0.15, 0.2) is 5.82 Å². The molecule has 5 N–H and O–H groups in total. The Hall–Kier alpha value is -2.82. The van der Waals surface area contributed by atoms with Crippen molar-refractivity contribution in [1.29, 1.82) is 0 Å². The molecule has 1 aromatic carbocycles. The molecule has 2 heterocycles. The van der Waals surface area contributed by atoms with Gasteiger partial charge in [0.05, 0.1) is 28.3 Å². The molecule has 3 atom stereocenters. The lowest BCUT2D eigenvalue weighted by Gasteiger charge is -2.48. The maximum Gasteiger partial charge on any atom is 0.341 e. The van der Waals surface area contributed by atoms with Crippen LogP contribution in [-0.4, -0.2) is 46.4 Å². The van der Waals surface area contributed by atoms with Gasteiger partial charge in [-0.2, -0.15) is 0 Å². The molecule has 178 valence electrons. The summed E-state index contributed by atoms with van der Waals surface area (Å²) in [5, 5.41) is 9.14. The van der Waals surface area contributed by atoms with Gasteiger partial charge in [-0.25, -0.2) is 22.4 Å². The molecule has 11 heteroatoms. The number of carboxylic acid groups (broad SMARTS) is 1. The Morgan fingerprint density at radius 2 is 1.94 bits per heavy atom. The fraction of sp³-hybridized carbons (Fsp3) is 0.545. The number of carbonyl (C=O) groups is 1. The number of hydrogen-bond donors (Lipinski definition) is 3. The van der Waals surface area contributed by atoms with Gasteiger partial charge in [-0.05, 0) is 24.8 Å². The summed E-state index contributed by atoms with van der Waals surface area (Å²) < 4.78 is 57.8. The van der Waals surface area contributed by atoms with Crippen molar-refractivity contribution in [3.8, 4) is 0 Å². The second-order valence-corrected chi connectivity index (χ2v) is 9.70. The zero-order valence-corrected chi connectivity index (χ0v) is 17.9. The molecule has 2 aliphatic carbocycles. The van der Waals surface area contributed by atoms with Gasteiger partial charge in [0, 0.05) is 44.1 Å². The van der Waals surface area contributed by atoms with E-state index in [9.17, 15) is 27.9 Å². The fourth-order valence-electron chi connectivity index (χ4n) is 5.64. The highest BCUT2D eigenvalue weighted by atomic mass is 19.3. The molecule has 3 fully saturated rings. The molecule has 7 nitrogen and oxygen atoms in total. The van der Waals surface area contributed by atoms with E-state index in [1.165, 1.54) is 4.57 Å². The molecular formula is C22H24F4N4O3. The summed E-state index contributed by atoms with van der Waals surface area (Å²) in [6, 6.07) is -0.682. The Bertz CT molecular complexity index is 1250. The highest BCUT2D eigenvalue weighted by Crippen LogP contribution is 2.51. The van der Waals surface area contributed by atoms with Gasteiger partial charge in [-0.3, -0.25) is 4.79 Å².